The van der Waals surface area contributed by atoms with Crippen LogP contribution in [0.4, 0.5) is 0 Å². The van der Waals surface area contributed by atoms with Crippen molar-refractivity contribution in [2.24, 2.45) is 0 Å². The van der Waals surface area contributed by atoms with Gasteiger partial charge in [0.25, 0.3) is 0 Å². The lowest BCUT2D eigenvalue weighted by Gasteiger charge is -2.03. The van der Waals surface area contributed by atoms with Crippen molar-refractivity contribution in [3.8, 4) is 11.5 Å². The number of hydrogen-bond acceptors (Lipinski definition) is 3. The van der Waals surface area contributed by atoms with Crippen LogP contribution in [0.15, 0.2) is 12.1 Å². The topological polar surface area (TPSA) is 46.5 Å². The lowest BCUT2D eigenvalue weighted by atomic mass is 10.1. The summed E-state index contributed by atoms with van der Waals surface area (Å²) in [4.78, 5) is 11.1. The molecular formula is C10H10O3. The van der Waals surface area contributed by atoms with E-state index in [-0.39, 0.29) is 11.5 Å². The first-order chi connectivity index (χ1) is 6.18. The quantitative estimate of drug-likeness (QED) is 0.663. The number of carbonyl (C=O) groups is 1. The zero-order valence-electron chi connectivity index (χ0n) is 7.33. The van der Waals surface area contributed by atoms with Gasteiger partial charge in [0.1, 0.15) is 11.5 Å². The molecule has 1 aliphatic heterocycles. The zero-order chi connectivity index (χ0) is 9.42. The largest absolute Gasteiger partial charge is 0.507 e. The Morgan fingerprint density at radius 3 is 3.00 bits per heavy atom. The Balaban J connectivity index is 2.55. The Morgan fingerprint density at radius 1 is 1.54 bits per heavy atom. The van der Waals surface area contributed by atoms with Gasteiger partial charge in [-0.05, 0) is 18.6 Å². The van der Waals surface area contributed by atoms with Gasteiger partial charge in [-0.15, -0.1) is 0 Å². The normalized spacial score (nSPS) is 13.6. The fourth-order valence-electron chi connectivity index (χ4n) is 1.50. The summed E-state index contributed by atoms with van der Waals surface area (Å²) in [7, 11) is 0. The number of phenols is 1. The molecule has 0 unspecified atom stereocenters. The molecule has 0 saturated carbocycles. The third-order valence-corrected chi connectivity index (χ3v) is 2.19. The molecule has 1 aromatic carbocycles. The molecule has 3 nitrogen and oxygen atoms in total. The van der Waals surface area contributed by atoms with E-state index in [4.69, 9.17) is 4.74 Å². The van der Waals surface area contributed by atoms with Crippen LogP contribution >= 0.6 is 0 Å². The molecule has 13 heavy (non-hydrogen) atoms. The smallest absolute Gasteiger partial charge is 0.163 e. The number of hydrogen-bond donors (Lipinski definition) is 1. The highest BCUT2D eigenvalue weighted by Gasteiger charge is 2.17. The van der Waals surface area contributed by atoms with Crippen molar-refractivity contribution in [3.05, 3.63) is 23.3 Å². The summed E-state index contributed by atoms with van der Waals surface area (Å²) in [6.45, 7) is 2.08. The predicted octanol–water partition coefficient (Wildman–Crippen LogP) is 1.53. The first-order valence-corrected chi connectivity index (χ1v) is 4.18. The van der Waals surface area contributed by atoms with Gasteiger partial charge >= 0.3 is 0 Å². The Hall–Kier alpha value is -1.51. The third-order valence-electron chi connectivity index (χ3n) is 2.19. The number of Topliss-reactive ketones (excluding diaryl/α,β-unsaturated/α-hetero) is 1. The van der Waals surface area contributed by atoms with E-state index in [0.717, 1.165) is 12.0 Å². The van der Waals surface area contributed by atoms with Crippen molar-refractivity contribution in [1.82, 2.24) is 0 Å². The molecule has 1 aliphatic rings. The lowest BCUT2D eigenvalue weighted by molar-refractivity contribution is 0.101. The SMILES string of the molecule is CC(=O)c1cc2c(cc1O)OCC2. The van der Waals surface area contributed by atoms with Crippen LogP contribution in [0.1, 0.15) is 22.8 Å². The second-order valence-corrected chi connectivity index (χ2v) is 3.13. The number of rotatable bonds is 1. The van der Waals surface area contributed by atoms with E-state index in [1.54, 1.807) is 6.07 Å². The fraction of sp³-hybridized carbons (Fsp3) is 0.300. The second kappa shape index (κ2) is 2.76. The van der Waals surface area contributed by atoms with E-state index in [2.05, 4.69) is 0 Å². The lowest BCUT2D eigenvalue weighted by Crippen LogP contribution is -1.93. The average Bonchev–Trinajstić information content (AvgIpc) is 2.48. The Kier molecular flexibility index (Phi) is 1.72. The highest BCUT2D eigenvalue weighted by molar-refractivity contribution is 5.97. The molecule has 1 N–H and O–H groups in total. The van der Waals surface area contributed by atoms with Gasteiger partial charge in [-0.2, -0.15) is 0 Å². The number of ether oxygens (including phenoxy) is 1. The van der Waals surface area contributed by atoms with Crippen LogP contribution in [0.25, 0.3) is 0 Å². The van der Waals surface area contributed by atoms with Crippen molar-refractivity contribution in [3.63, 3.8) is 0 Å². The average molecular weight is 178 g/mol. The van der Waals surface area contributed by atoms with Gasteiger partial charge in [0.05, 0.1) is 12.2 Å². The van der Waals surface area contributed by atoms with E-state index in [1.807, 2.05) is 0 Å². The Bertz CT molecular complexity index is 369. The molecule has 0 radical (unpaired) electrons. The number of phenolic OH excluding ortho intramolecular Hbond substituents is 1. The summed E-state index contributed by atoms with van der Waals surface area (Å²) >= 11 is 0. The molecule has 1 aromatic rings. The molecule has 1 heterocycles. The number of benzene rings is 1. The van der Waals surface area contributed by atoms with Gasteiger partial charge < -0.3 is 9.84 Å². The van der Waals surface area contributed by atoms with Crippen LogP contribution in [-0.2, 0) is 6.42 Å². The van der Waals surface area contributed by atoms with Crippen LogP contribution in [-0.4, -0.2) is 17.5 Å². The molecule has 3 heteroatoms. The third kappa shape index (κ3) is 1.26. The standard InChI is InChI=1S/C10H10O3/c1-6(11)8-4-7-2-3-13-10(7)5-9(8)12/h4-5,12H,2-3H2,1H3. The zero-order valence-corrected chi connectivity index (χ0v) is 7.33. The molecule has 0 bridgehead atoms. The minimum atomic E-state index is -0.118. The van der Waals surface area contributed by atoms with Crippen molar-refractivity contribution in [1.29, 1.82) is 0 Å². The van der Waals surface area contributed by atoms with Crippen molar-refractivity contribution >= 4 is 5.78 Å². The highest BCUT2D eigenvalue weighted by atomic mass is 16.5. The maximum Gasteiger partial charge on any atom is 0.163 e. The predicted molar refractivity (Wildman–Crippen MR) is 47.3 cm³/mol. The highest BCUT2D eigenvalue weighted by Crippen LogP contribution is 2.32. The first kappa shape index (κ1) is 8.10. The van der Waals surface area contributed by atoms with E-state index >= 15 is 0 Å². The molecule has 0 fully saturated rings. The summed E-state index contributed by atoms with van der Waals surface area (Å²) in [5.41, 5.74) is 1.38. The van der Waals surface area contributed by atoms with E-state index in [1.165, 1.54) is 13.0 Å². The molecule has 0 amide bonds. The maximum atomic E-state index is 11.1. The maximum absolute atomic E-state index is 11.1. The molecule has 2 rings (SSSR count). The minimum Gasteiger partial charge on any atom is -0.507 e. The van der Waals surface area contributed by atoms with Crippen LogP contribution in [0.5, 0.6) is 11.5 Å². The Morgan fingerprint density at radius 2 is 2.31 bits per heavy atom. The monoisotopic (exact) mass is 178 g/mol. The molecule has 0 spiro atoms. The molecule has 68 valence electrons. The van der Waals surface area contributed by atoms with Crippen LogP contribution in [0.2, 0.25) is 0 Å². The number of aromatic hydroxyl groups is 1. The summed E-state index contributed by atoms with van der Waals surface area (Å²) in [6.07, 6.45) is 0.815. The van der Waals surface area contributed by atoms with Gasteiger partial charge in [-0.25, -0.2) is 0 Å². The van der Waals surface area contributed by atoms with Crippen molar-refractivity contribution in [2.75, 3.05) is 6.61 Å². The molecular weight excluding hydrogens is 168 g/mol. The first-order valence-electron chi connectivity index (χ1n) is 4.18. The molecule has 0 aromatic heterocycles. The van der Waals surface area contributed by atoms with Crippen molar-refractivity contribution in [2.45, 2.75) is 13.3 Å². The summed E-state index contributed by atoms with van der Waals surface area (Å²) in [6, 6.07) is 3.22. The van der Waals surface area contributed by atoms with Gasteiger partial charge in [0.15, 0.2) is 5.78 Å². The summed E-state index contributed by atoms with van der Waals surface area (Å²) in [5, 5.41) is 9.44. The molecule has 0 saturated heterocycles. The number of ketones is 1. The minimum absolute atomic E-state index is 0.00755. The Labute approximate surface area is 76.0 Å². The second-order valence-electron chi connectivity index (χ2n) is 3.13. The summed E-state index contributed by atoms with van der Waals surface area (Å²) in [5.74, 6) is 0.586. The van der Waals surface area contributed by atoms with E-state index in [0.29, 0.717) is 17.9 Å². The van der Waals surface area contributed by atoms with Crippen LogP contribution in [0.3, 0.4) is 0 Å². The number of carbonyl (C=O) groups excluding carboxylic acids is 1. The fourth-order valence-corrected chi connectivity index (χ4v) is 1.50. The van der Waals surface area contributed by atoms with Gasteiger partial charge in [-0.1, -0.05) is 0 Å². The van der Waals surface area contributed by atoms with Crippen LogP contribution < -0.4 is 4.74 Å². The van der Waals surface area contributed by atoms with E-state index < -0.39 is 0 Å². The van der Waals surface area contributed by atoms with E-state index in [9.17, 15) is 9.90 Å². The van der Waals surface area contributed by atoms with Crippen molar-refractivity contribution < 1.29 is 14.6 Å². The number of fused-ring (bicyclic) bond motifs is 1. The van der Waals surface area contributed by atoms with Gasteiger partial charge in [0.2, 0.25) is 0 Å². The molecule has 0 atom stereocenters. The van der Waals surface area contributed by atoms with Gasteiger partial charge in [-0.3, -0.25) is 4.79 Å². The van der Waals surface area contributed by atoms with Crippen LogP contribution in [0, 0.1) is 0 Å². The summed E-state index contributed by atoms with van der Waals surface area (Å²) < 4.78 is 5.24. The molecule has 0 aliphatic carbocycles. The van der Waals surface area contributed by atoms with Gasteiger partial charge in [0, 0.05) is 12.5 Å².